The lowest BCUT2D eigenvalue weighted by Crippen LogP contribution is -2.44. The van der Waals surface area contributed by atoms with Crippen molar-refractivity contribution in [3.63, 3.8) is 0 Å². The highest BCUT2D eigenvalue weighted by molar-refractivity contribution is 5.72. The SMILES string of the molecule is N#Cc1cc(-c2ccnc(-c3cnc(N4CCCCCC4)nc3)c2)[nH]c1N1CCNCC1. The third kappa shape index (κ3) is 4.30. The Bertz CT molecular complexity index is 1080. The van der Waals surface area contributed by atoms with Crippen LogP contribution in [0.4, 0.5) is 11.8 Å². The number of rotatable bonds is 4. The Morgan fingerprint density at radius 3 is 2.31 bits per heavy atom. The average Bonchev–Trinajstić information content (AvgIpc) is 3.12. The van der Waals surface area contributed by atoms with Crippen molar-refractivity contribution in [1.29, 1.82) is 5.26 Å². The van der Waals surface area contributed by atoms with Crippen LogP contribution in [-0.2, 0) is 0 Å². The number of pyridine rings is 1. The van der Waals surface area contributed by atoms with Gasteiger partial charge in [-0.3, -0.25) is 4.98 Å². The fraction of sp³-hybridized carbons (Fsp3) is 0.417. The normalized spacial score (nSPS) is 17.1. The number of hydrogen-bond donors (Lipinski definition) is 2. The Kier molecular flexibility index (Phi) is 5.99. The van der Waals surface area contributed by atoms with Crippen LogP contribution in [0.3, 0.4) is 0 Å². The van der Waals surface area contributed by atoms with Gasteiger partial charge in [0.15, 0.2) is 0 Å². The van der Waals surface area contributed by atoms with Gasteiger partial charge in [0.05, 0.1) is 11.3 Å². The van der Waals surface area contributed by atoms with Crippen LogP contribution in [0.5, 0.6) is 0 Å². The van der Waals surface area contributed by atoms with Gasteiger partial charge in [-0.15, -0.1) is 0 Å². The van der Waals surface area contributed by atoms with Crippen LogP contribution < -0.4 is 15.1 Å². The fourth-order valence-corrected chi connectivity index (χ4v) is 4.47. The van der Waals surface area contributed by atoms with Crippen LogP contribution in [0.15, 0.2) is 36.8 Å². The van der Waals surface area contributed by atoms with E-state index < -0.39 is 0 Å². The summed E-state index contributed by atoms with van der Waals surface area (Å²) in [5, 5.41) is 13.0. The molecule has 32 heavy (non-hydrogen) atoms. The highest BCUT2D eigenvalue weighted by Gasteiger charge is 2.18. The maximum Gasteiger partial charge on any atom is 0.225 e. The van der Waals surface area contributed by atoms with Gasteiger partial charge in [0.2, 0.25) is 5.95 Å². The van der Waals surface area contributed by atoms with Gasteiger partial charge in [-0.2, -0.15) is 5.26 Å². The van der Waals surface area contributed by atoms with Gasteiger partial charge in [0.1, 0.15) is 11.9 Å². The van der Waals surface area contributed by atoms with Crippen molar-refractivity contribution in [2.75, 3.05) is 49.1 Å². The number of nitrogens with one attached hydrogen (secondary N) is 2. The predicted octanol–water partition coefficient (Wildman–Crippen LogP) is 3.20. The second kappa shape index (κ2) is 9.37. The van der Waals surface area contributed by atoms with E-state index in [1.807, 2.05) is 30.6 Å². The molecule has 3 aromatic rings. The molecule has 0 spiro atoms. The minimum atomic E-state index is 0.672. The molecular weight excluding hydrogens is 400 g/mol. The zero-order valence-electron chi connectivity index (χ0n) is 18.2. The highest BCUT2D eigenvalue weighted by atomic mass is 15.2. The van der Waals surface area contributed by atoms with E-state index in [0.29, 0.717) is 5.56 Å². The summed E-state index contributed by atoms with van der Waals surface area (Å²) in [5.41, 5.74) is 4.29. The van der Waals surface area contributed by atoms with Gasteiger partial charge in [-0.1, -0.05) is 12.8 Å². The van der Waals surface area contributed by atoms with E-state index in [9.17, 15) is 5.26 Å². The maximum atomic E-state index is 9.65. The third-order valence-corrected chi connectivity index (χ3v) is 6.24. The molecule has 2 fully saturated rings. The summed E-state index contributed by atoms with van der Waals surface area (Å²) in [5.74, 6) is 1.70. The molecule has 8 nitrogen and oxygen atoms in total. The second-order valence-electron chi connectivity index (χ2n) is 8.40. The first kappa shape index (κ1) is 20.5. The Labute approximate surface area is 188 Å². The van der Waals surface area contributed by atoms with Gasteiger partial charge < -0.3 is 20.1 Å². The number of aromatic amines is 1. The molecule has 3 aromatic heterocycles. The average molecular weight is 429 g/mol. The molecule has 0 saturated carbocycles. The third-order valence-electron chi connectivity index (χ3n) is 6.24. The second-order valence-corrected chi connectivity index (χ2v) is 8.40. The molecular formula is C24H28N8. The zero-order valence-corrected chi connectivity index (χ0v) is 18.2. The van der Waals surface area contributed by atoms with Crippen molar-refractivity contribution < 1.29 is 0 Å². The molecule has 0 aliphatic carbocycles. The lowest BCUT2D eigenvalue weighted by atomic mass is 10.1. The molecule has 0 bridgehead atoms. The molecule has 0 unspecified atom stereocenters. The molecule has 2 aliphatic rings. The number of nitrogens with zero attached hydrogens (tertiary/aromatic N) is 6. The monoisotopic (exact) mass is 428 g/mol. The smallest absolute Gasteiger partial charge is 0.225 e. The molecule has 164 valence electrons. The largest absolute Gasteiger partial charge is 0.355 e. The van der Waals surface area contributed by atoms with Crippen LogP contribution in [0.2, 0.25) is 0 Å². The molecule has 5 rings (SSSR count). The van der Waals surface area contributed by atoms with Crippen LogP contribution in [0, 0.1) is 11.3 Å². The van der Waals surface area contributed by atoms with Gasteiger partial charge in [0.25, 0.3) is 0 Å². The van der Waals surface area contributed by atoms with Crippen molar-refractivity contribution in [1.82, 2.24) is 25.3 Å². The molecule has 0 atom stereocenters. The predicted molar refractivity (Wildman–Crippen MR) is 126 cm³/mol. The first-order valence-electron chi connectivity index (χ1n) is 11.4. The topological polar surface area (TPSA) is 96.8 Å². The van der Waals surface area contributed by atoms with E-state index in [1.54, 1.807) is 6.20 Å². The number of anilines is 2. The van der Waals surface area contributed by atoms with Crippen LogP contribution in [0.25, 0.3) is 22.5 Å². The number of H-pyrrole nitrogens is 1. The molecule has 8 heteroatoms. The van der Waals surface area contributed by atoms with Crippen molar-refractivity contribution in [2.24, 2.45) is 0 Å². The Balaban J connectivity index is 1.39. The molecule has 2 N–H and O–H groups in total. The minimum Gasteiger partial charge on any atom is -0.355 e. The Morgan fingerprint density at radius 2 is 1.59 bits per heavy atom. The van der Waals surface area contributed by atoms with E-state index >= 15 is 0 Å². The molecule has 0 aromatic carbocycles. The molecule has 0 radical (unpaired) electrons. The van der Waals surface area contributed by atoms with Crippen molar-refractivity contribution in [3.8, 4) is 28.6 Å². The van der Waals surface area contributed by atoms with Gasteiger partial charge >= 0.3 is 0 Å². The summed E-state index contributed by atoms with van der Waals surface area (Å²) in [4.78, 5) is 21.8. The fourth-order valence-electron chi connectivity index (χ4n) is 4.47. The summed E-state index contributed by atoms with van der Waals surface area (Å²) in [6, 6.07) is 8.25. The van der Waals surface area contributed by atoms with E-state index in [-0.39, 0.29) is 0 Å². The van der Waals surface area contributed by atoms with Crippen molar-refractivity contribution >= 4 is 11.8 Å². The minimum absolute atomic E-state index is 0.672. The van der Waals surface area contributed by atoms with E-state index in [1.165, 1.54) is 25.7 Å². The number of nitriles is 1. The van der Waals surface area contributed by atoms with Crippen LogP contribution in [-0.4, -0.2) is 59.2 Å². The summed E-state index contributed by atoms with van der Waals surface area (Å²) >= 11 is 0. The van der Waals surface area contributed by atoms with E-state index in [2.05, 4.69) is 41.1 Å². The standard InChI is InChI=1S/C24H28N8/c25-15-19-14-22(30-23(19)31-11-7-26-8-12-31)18-5-6-27-21(13-18)20-16-28-24(29-17-20)32-9-3-1-2-4-10-32/h5-6,13-14,16-17,26,30H,1-4,7-12H2. The summed E-state index contributed by atoms with van der Waals surface area (Å²) in [7, 11) is 0. The van der Waals surface area contributed by atoms with E-state index in [4.69, 9.17) is 0 Å². The van der Waals surface area contributed by atoms with Crippen LogP contribution in [0.1, 0.15) is 31.2 Å². The van der Waals surface area contributed by atoms with Crippen LogP contribution >= 0.6 is 0 Å². The van der Waals surface area contributed by atoms with Gasteiger partial charge in [-0.25, -0.2) is 9.97 Å². The number of aromatic nitrogens is 4. The summed E-state index contributed by atoms with van der Waals surface area (Å²) < 4.78 is 0. The quantitative estimate of drug-likeness (QED) is 0.659. The van der Waals surface area contributed by atoms with Gasteiger partial charge in [0, 0.05) is 74.7 Å². The molecule has 0 amide bonds. The van der Waals surface area contributed by atoms with Crippen molar-refractivity contribution in [3.05, 3.63) is 42.4 Å². The Morgan fingerprint density at radius 1 is 0.844 bits per heavy atom. The lowest BCUT2D eigenvalue weighted by molar-refractivity contribution is 0.585. The summed E-state index contributed by atoms with van der Waals surface area (Å²) in [6.45, 7) is 5.67. The zero-order chi connectivity index (χ0) is 21.8. The highest BCUT2D eigenvalue weighted by Crippen LogP contribution is 2.29. The van der Waals surface area contributed by atoms with Crippen molar-refractivity contribution in [2.45, 2.75) is 25.7 Å². The molecule has 2 saturated heterocycles. The molecule has 5 heterocycles. The van der Waals surface area contributed by atoms with Gasteiger partial charge in [-0.05, 0) is 31.0 Å². The van der Waals surface area contributed by atoms with E-state index in [0.717, 1.165) is 73.5 Å². The molecule has 2 aliphatic heterocycles. The number of piperazine rings is 1. The number of hydrogen-bond acceptors (Lipinski definition) is 7. The maximum absolute atomic E-state index is 9.65. The lowest BCUT2D eigenvalue weighted by Gasteiger charge is -2.28. The Hall–Kier alpha value is -3.44. The summed E-state index contributed by atoms with van der Waals surface area (Å²) in [6.07, 6.45) is 10.5. The first-order valence-corrected chi connectivity index (χ1v) is 11.4. The first-order chi connectivity index (χ1) is 15.8.